The van der Waals surface area contributed by atoms with Crippen molar-refractivity contribution in [1.82, 2.24) is 0 Å². The van der Waals surface area contributed by atoms with Gasteiger partial charge in [0.15, 0.2) is 0 Å². The number of benzene rings is 1. The highest BCUT2D eigenvalue weighted by Crippen LogP contribution is 2.25. The Kier molecular flexibility index (Phi) is 1.50. The molecule has 1 aliphatic heterocycles. The van der Waals surface area contributed by atoms with Crippen molar-refractivity contribution >= 4 is 11.4 Å². The number of halogens is 1. The molecule has 1 heterocycles. The van der Waals surface area contributed by atoms with Crippen LogP contribution in [0.3, 0.4) is 0 Å². The number of anilines is 1. The third kappa shape index (κ3) is 1.03. The van der Waals surface area contributed by atoms with E-state index in [9.17, 15) is 9.50 Å². The lowest BCUT2D eigenvalue weighted by Gasteiger charge is -2.15. The fourth-order valence-electron chi connectivity index (χ4n) is 1.25. The first kappa shape index (κ1) is 7.16. The molecule has 0 atom stereocenters. The summed E-state index contributed by atoms with van der Waals surface area (Å²) in [5, 5.41) is 12.3. The average molecular weight is 165 g/mol. The monoisotopic (exact) mass is 165 g/mol. The van der Waals surface area contributed by atoms with Crippen LogP contribution in [0.15, 0.2) is 24.3 Å². The smallest absolute Gasteiger partial charge is 0.125 e. The van der Waals surface area contributed by atoms with E-state index in [1.54, 1.807) is 12.1 Å². The maximum absolute atomic E-state index is 12.7. The number of fused-ring (bicyclic) bond motifs is 1. The Morgan fingerprint density at radius 3 is 3.08 bits per heavy atom. The Hall–Kier alpha value is -1.51. The molecular weight excluding hydrogens is 157 g/mol. The summed E-state index contributed by atoms with van der Waals surface area (Å²) in [7, 11) is 0. The van der Waals surface area contributed by atoms with E-state index < -0.39 is 0 Å². The summed E-state index contributed by atoms with van der Waals surface area (Å²) in [5.74, 6) is -0.0836. The van der Waals surface area contributed by atoms with Gasteiger partial charge in [0, 0.05) is 17.8 Å². The van der Waals surface area contributed by atoms with Crippen LogP contribution in [0.2, 0.25) is 0 Å². The summed E-state index contributed by atoms with van der Waals surface area (Å²) >= 11 is 0. The van der Waals surface area contributed by atoms with Crippen LogP contribution in [-0.2, 0) is 0 Å². The first-order valence-corrected chi connectivity index (χ1v) is 3.70. The number of aliphatic hydroxyl groups is 1. The topological polar surface area (TPSA) is 32.3 Å². The Morgan fingerprint density at radius 1 is 1.42 bits per heavy atom. The largest absolute Gasteiger partial charge is 0.508 e. The van der Waals surface area contributed by atoms with Gasteiger partial charge in [-0.3, -0.25) is 0 Å². The van der Waals surface area contributed by atoms with E-state index in [4.69, 9.17) is 0 Å². The normalized spacial score (nSPS) is 14.6. The van der Waals surface area contributed by atoms with Gasteiger partial charge < -0.3 is 10.4 Å². The second-order valence-electron chi connectivity index (χ2n) is 2.66. The van der Waals surface area contributed by atoms with E-state index in [0.29, 0.717) is 17.8 Å². The Labute approximate surface area is 69.3 Å². The molecule has 3 heteroatoms. The molecule has 0 unspecified atom stereocenters. The summed E-state index contributed by atoms with van der Waals surface area (Å²) in [6.07, 6.45) is 1.65. The van der Waals surface area contributed by atoms with Crippen LogP contribution in [0.4, 0.5) is 10.1 Å². The summed E-state index contributed by atoms with van der Waals surface area (Å²) < 4.78 is 12.7. The highest BCUT2D eigenvalue weighted by atomic mass is 19.1. The maximum atomic E-state index is 12.7. The van der Waals surface area contributed by atoms with E-state index in [1.807, 2.05) is 0 Å². The zero-order chi connectivity index (χ0) is 8.55. The van der Waals surface area contributed by atoms with Crippen molar-refractivity contribution in [2.75, 3.05) is 11.9 Å². The van der Waals surface area contributed by atoms with Crippen molar-refractivity contribution < 1.29 is 9.50 Å². The van der Waals surface area contributed by atoms with Gasteiger partial charge in [-0.1, -0.05) is 0 Å². The molecule has 0 radical (unpaired) electrons. The average Bonchev–Trinajstić information content (AvgIpc) is 2.04. The molecule has 1 aromatic carbocycles. The molecule has 2 rings (SSSR count). The third-order valence-electron chi connectivity index (χ3n) is 1.85. The Balaban J connectivity index is 2.56. The molecule has 0 saturated heterocycles. The summed E-state index contributed by atoms with van der Waals surface area (Å²) in [4.78, 5) is 0. The minimum atomic E-state index is -0.295. The molecular formula is C9H8FNO. The first-order valence-electron chi connectivity index (χ1n) is 3.70. The van der Waals surface area contributed by atoms with E-state index >= 15 is 0 Å². The second kappa shape index (κ2) is 2.52. The van der Waals surface area contributed by atoms with Crippen LogP contribution in [0.5, 0.6) is 0 Å². The van der Waals surface area contributed by atoms with E-state index in [0.717, 1.165) is 0 Å². The van der Waals surface area contributed by atoms with Crippen LogP contribution in [0.25, 0.3) is 5.76 Å². The van der Waals surface area contributed by atoms with Gasteiger partial charge in [0.05, 0.1) is 0 Å². The fourth-order valence-corrected chi connectivity index (χ4v) is 1.25. The van der Waals surface area contributed by atoms with Gasteiger partial charge in [0.2, 0.25) is 0 Å². The lowest BCUT2D eigenvalue weighted by molar-refractivity contribution is 0.509. The van der Waals surface area contributed by atoms with Crippen molar-refractivity contribution in [1.29, 1.82) is 0 Å². The lowest BCUT2D eigenvalue weighted by atomic mass is 10.1. The van der Waals surface area contributed by atoms with E-state index in [-0.39, 0.29) is 11.6 Å². The van der Waals surface area contributed by atoms with Crippen molar-refractivity contribution in [3.8, 4) is 0 Å². The predicted octanol–water partition coefficient (Wildman–Crippen LogP) is 2.15. The van der Waals surface area contributed by atoms with E-state index in [2.05, 4.69) is 5.32 Å². The van der Waals surface area contributed by atoms with Crippen LogP contribution in [0, 0.1) is 5.82 Å². The molecule has 0 amide bonds. The minimum absolute atomic E-state index is 0.212. The van der Waals surface area contributed by atoms with Gasteiger partial charge in [-0.15, -0.1) is 0 Å². The number of rotatable bonds is 0. The summed E-state index contributed by atoms with van der Waals surface area (Å²) in [6, 6.07) is 4.26. The molecule has 0 bridgehead atoms. The molecule has 0 aromatic heterocycles. The van der Waals surface area contributed by atoms with Gasteiger partial charge in [0.25, 0.3) is 0 Å². The summed E-state index contributed by atoms with van der Waals surface area (Å²) in [6.45, 7) is 0.544. The standard InChI is InChI=1S/C9H8FNO/c10-6-1-2-7-8(5-6)11-4-3-9(7)12/h1-3,5,11-12H,4H2. The molecule has 2 nitrogen and oxygen atoms in total. The van der Waals surface area contributed by atoms with Crippen molar-refractivity contribution in [2.45, 2.75) is 0 Å². The molecule has 1 aliphatic rings. The van der Waals surface area contributed by atoms with Crippen molar-refractivity contribution in [2.24, 2.45) is 0 Å². The predicted molar refractivity (Wildman–Crippen MR) is 45.5 cm³/mol. The van der Waals surface area contributed by atoms with Crippen LogP contribution in [0.1, 0.15) is 5.56 Å². The lowest BCUT2D eigenvalue weighted by Crippen LogP contribution is -2.07. The third-order valence-corrected chi connectivity index (χ3v) is 1.85. The Morgan fingerprint density at radius 2 is 2.25 bits per heavy atom. The quantitative estimate of drug-likeness (QED) is 0.617. The molecule has 0 spiro atoms. The van der Waals surface area contributed by atoms with E-state index in [1.165, 1.54) is 12.1 Å². The number of nitrogens with one attached hydrogen (secondary N) is 1. The highest BCUT2D eigenvalue weighted by molar-refractivity contribution is 5.74. The van der Waals surface area contributed by atoms with Crippen molar-refractivity contribution in [3.63, 3.8) is 0 Å². The number of hydrogen-bond acceptors (Lipinski definition) is 2. The minimum Gasteiger partial charge on any atom is -0.508 e. The maximum Gasteiger partial charge on any atom is 0.125 e. The number of hydrogen-bond donors (Lipinski definition) is 2. The van der Waals surface area contributed by atoms with Crippen LogP contribution in [-0.4, -0.2) is 11.7 Å². The molecule has 1 aromatic rings. The zero-order valence-electron chi connectivity index (χ0n) is 6.34. The molecule has 62 valence electrons. The van der Waals surface area contributed by atoms with Gasteiger partial charge >= 0.3 is 0 Å². The molecule has 0 fully saturated rings. The SMILES string of the molecule is OC1=CCNc2cc(F)ccc21. The molecule has 0 saturated carbocycles. The Bertz CT molecular complexity index is 346. The van der Waals surface area contributed by atoms with Gasteiger partial charge in [-0.05, 0) is 24.3 Å². The molecule has 0 aliphatic carbocycles. The molecule has 2 N–H and O–H groups in total. The zero-order valence-corrected chi connectivity index (χ0v) is 6.34. The van der Waals surface area contributed by atoms with Gasteiger partial charge in [0.1, 0.15) is 11.6 Å². The second-order valence-corrected chi connectivity index (χ2v) is 2.66. The fraction of sp³-hybridized carbons (Fsp3) is 0.111. The highest BCUT2D eigenvalue weighted by Gasteiger charge is 2.10. The van der Waals surface area contributed by atoms with Gasteiger partial charge in [-0.25, -0.2) is 4.39 Å². The van der Waals surface area contributed by atoms with Crippen LogP contribution < -0.4 is 5.32 Å². The van der Waals surface area contributed by atoms with Crippen LogP contribution >= 0.6 is 0 Å². The number of aliphatic hydroxyl groups excluding tert-OH is 1. The van der Waals surface area contributed by atoms with Crippen molar-refractivity contribution in [3.05, 3.63) is 35.7 Å². The van der Waals surface area contributed by atoms with Gasteiger partial charge in [-0.2, -0.15) is 0 Å². The first-order chi connectivity index (χ1) is 5.77. The molecule has 12 heavy (non-hydrogen) atoms. The summed E-state index contributed by atoms with van der Waals surface area (Å²) in [5.41, 5.74) is 1.30.